The van der Waals surface area contributed by atoms with E-state index in [1.807, 2.05) is 13.8 Å². The molecule has 1 N–H and O–H groups in total. The molecular formula is C26H51NO. The van der Waals surface area contributed by atoms with Gasteiger partial charge in [-0.1, -0.05) is 54.4 Å². The SMILES string of the molecule is CC(CC1CCCC(C(C)(C)C)C1)CN1CCC(CC(C)(C)CC(C)(C)O)C1. The summed E-state index contributed by atoms with van der Waals surface area (Å²) in [4.78, 5) is 2.74. The topological polar surface area (TPSA) is 23.5 Å². The monoisotopic (exact) mass is 393 g/mol. The Morgan fingerprint density at radius 1 is 0.964 bits per heavy atom. The van der Waals surface area contributed by atoms with Crippen LogP contribution in [0.3, 0.4) is 0 Å². The molecule has 2 fully saturated rings. The van der Waals surface area contributed by atoms with Crippen LogP contribution >= 0.6 is 0 Å². The second-order valence-electron chi connectivity index (χ2n) is 13.2. The third kappa shape index (κ3) is 8.34. The first-order valence-corrected chi connectivity index (χ1v) is 12.2. The van der Waals surface area contributed by atoms with Crippen molar-refractivity contribution < 1.29 is 5.11 Å². The van der Waals surface area contributed by atoms with Crippen LogP contribution in [0.4, 0.5) is 0 Å². The Labute approximate surface area is 176 Å². The molecule has 0 amide bonds. The molecule has 2 nitrogen and oxygen atoms in total. The summed E-state index contributed by atoms with van der Waals surface area (Å²) in [6, 6.07) is 0. The van der Waals surface area contributed by atoms with Crippen LogP contribution in [0.25, 0.3) is 0 Å². The second-order valence-corrected chi connectivity index (χ2v) is 13.2. The molecule has 0 radical (unpaired) electrons. The second kappa shape index (κ2) is 9.38. The molecule has 0 bridgehead atoms. The predicted molar refractivity (Wildman–Crippen MR) is 123 cm³/mol. The van der Waals surface area contributed by atoms with E-state index in [1.54, 1.807) is 0 Å². The van der Waals surface area contributed by atoms with Crippen LogP contribution in [0.2, 0.25) is 0 Å². The van der Waals surface area contributed by atoms with Crippen molar-refractivity contribution in [1.29, 1.82) is 0 Å². The van der Waals surface area contributed by atoms with Gasteiger partial charge in [0.25, 0.3) is 0 Å². The number of rotatable bonds is 8. The van der Waals surface area contributed by atoms with E-state index in [9.17, 15) is 5.11 Å². The Morgan fingerprint density at radius 2 is 1.64 bits per heavy atom. The fourth-order valence-electron chi connectivity index (χ4n) is 6.65. The quantitative estimate of drug-likeness (QED) is 0.492. The van der Waals surface area contributed by atoms with Crippen LogP contribution in [0, 0.1) is 34.5 Å². The van der Waals surface area contributed by atoms with Gasteiger partial charge in [0, 0.05) is 13.1 Å². The van der Waals surface area contributed by atoms with Gasteiger partial charge in [0.05, 0.1) is 5.60 Å². The van der Waals surface area contributed by atoms with Gasteiger partial charge in [0.1, 0.15) is 0 Å². The van der Waals surface area contributed by atoms with Crippen LogP contribution in [0.1, 0.15) is 107 Å². The smallest absolute Gasteiger partial charge is 0.0596 e. The highest BCUT2D eigenvalue weighted by atomic mass is 16.3. The summed E-state index contributed by atoms with van der Waals surface area (Å²) < 4.78 is 0. The molecule has 166 valence electrons. The van der Waals surface area contributed by atoms with E-state index in [2.05, 4.69) is 46.4 Å². The van der Waals surface area contributed by atoms with E-state index in [0.29, 0.717) is 5.41 Å². The van der Waals surface area contributed by atoms with E-state index < -0.39 is 5.60 Å². The molecule has 1 aliphatic heterocycles. The van der Waals surface area contributed by atoms with Gasteiger partial charge in [0.2, 0.25) is 0 Å². The number of hydrogen-bond donors (Lipinski definition) is 1. The standard InChI is InChI=1S/C26H51NO/c1-20(14-21-10-9-11-23(15-21)24(2,3)4)17-27-13-12-22(18-27)16-25(5,6)19-26(7,8)28/h20-23,28H,9-19H2,1-8H3. The number of hydrogen-bond acceptors (Lipinski definition) is 2. The number of likely N-dealkylation sites (tertiary alicyclic amines) is 1. The summed E-state index contributed by atoms with van der Waals surface area (Å²) in [5.41, 5.74) is 0.163. The molecule has 1 aliphatic carbocycles. The van der Waals surface area contributed by atoms with Gasteiger partial charge >= 0.3 is 0 Å². The molecule has 2 aliphatic rings. The Hall–Kier alpha value is -0.0800. The molecule has 28 heavy (non-hydrogen) atoms. The maximum Gasteiger partial charge on any atom is 0.0596 e. The van der Waals surface area contributed by atoms with Gasteiger partial charge < -0.3 is 10.0 Å². The normalized spacial score (nSPS) is 29.2. The molecule has 2 heteroatoms. The van der Waals surface area contributed by atoms with Gasteiger partial charge in [-0.05, 0) is 93.4 Å². The third-order valence-electron chi connectivity index (χ3n) is 7.44. The Balaban J connectivity index is 1.74. The summed E-state index contributed by atoms with van der Waals surface area (Å²) in [5, 5.41) is 10.2. The average molecular weight is 394 g/mol. The van der Waals surface area contributed by atoms with E-state index in [0.717, 1.165) is 30.1 Å². The highest BCUT2D eigenvalue weighted by Gasteiger charge is 2.34. The molecule has 4 unspecified atom stereocenters. The zero-order valence-electron chi connectivity index (χ0n) is 20.5. The van der Waals surface area contributed by atoms with Crippen LogP contribution in [0.15, 0.2) is 0 Å². The molecule has 1 saturated carbocycles. The fourth-order valence-corrected chi connectivity index (χ4v) is 6.65. The summed E-state index contributed by atoms with van der Waals surface area (Å²) in [6.07, 6.45) is 10.7. The number of aliphatic hydroxyl groups is 1. The van der Waals surface area contributed by atoms with E-state index in [-0.39, 0.29) is 5.41 Å². The van der Waals surface area contributed by atoms with Crippen LogP contribution in [-0.2, 0) is 0 Å². The Kier molecular flexibility index (Phi) is 8.10. The van der Waals surface area contributed by atoms with E-state index in [4.69, 9.17) is 0 Å². The van der Waals surface area contributed by atoms with Crippen molar-refractivity contribution in [3.05, 3.63) is 0 Å². The highest BCUT2D eigenvalue weighted by molar-refractivity contribution is 4.86. The largest absolute Gasteiger partial charge is 0.390 e. The van der Waals surface area contributed by atoms with Crippen LogP contribution < -0.4 is 0 Å². The molecule has 1 heterocycles. The summed E-state index contributed by atoms with van der Waals surface area (Å²) in [7, 11) is 0. The minimum Gasteiger partial charge on any atom is -0.390 e. The van der Waals surface area contributed by atoms with Crippen molar-refractivity contribution in [3.63, 3.8) is 0 Å². The lowest BCUT2D eigenvalue weighted by atomic mass is 9.68. The van der Waals surface area contributed by atoms with E-state index in [1.165, 1.54) is 64.6 Å². The van der Waals surface area contributed by atoms with Crippen LogP contribution in [-0.4, -0.2) is 35.2 Å². The first-order chi connectivity index (χ1) is 12.7. The molecule has 0 aromatic rings. The van der Waals surface area contributed by atoms with Gasteiger partial charge in [-0.2, -0.15) is 0 Å². The van der Waals surface area contributed by atoms with Crippen molar-refractivity contribution >= 4 is 0 Å². The molecule has 2 rings (SSSR count). The summed E-state index contributed by atoms with van der Waals surface area (Å²) >= 11 is 0. The lowest BCUT2D eigenvalue weighted by Crippen LogP contribution is -2.32. The van der Waals surface area contributed by atoms with Crippen molar-refractivity contribution in [2.24, 2.45) is 34.5 Å². The maximum atomic E-state index is 10.2. The first kappa shape index (κ1) is 24.2. The van der Waals surface area contributed by atoms with Crippen molar-refractivity contribution in [2.75, 3.05) is 19.6 Å². The van der Waals surface area contributed by atoms with Crippen molar-refractivity contribution in [1.82, 2.24) is 4.90 Å². The highest BCUT2D eigenvalue weighted by Crippen LogP contribution is 2.42. The van der Waals surface area contributed by atoms with E-state index >= 15 is 0 Å². The molecule has 0 spiro atoms. The minimum atomic E-state index is -0.554. The van der Waals surface area contributed by atoms with Gasteiger partial charge in [-0.15, -0.1) is 0 Å². The zero-order valence-corrected chi connectivity index (χ0v) is 20.5. The molecule has 4 atom stereocenters. The predicted octanol–water partition coefficient (Wildman–Crippen LogP) is 6.76. The number of nitrogens with zero attached hydrogens (tertiary/aromatic N) is 1. The molecule has 0 aromatic heterocycles. The average Bonchev–Trinajstić information content (AvgIpc) is 2.89. The van der Waals surface area contributed by atoms with Gasteiger partial charge in [-0.25, -0.2) is 0 Å². The van der Waals surface area contributed by atoms with Crippen LogP contribution in [0.5, 0.6) is 0 Å². The maximum absolute atomic E-state index is 10.2. The minimum absolute atomic E-state index is 0.231. The third-order valence-corrected chi connectivity index (χ3v) is 7.44. The molecular weight excluding hydrogens is 342 g/mol. The van der Waals surface area contributed by atoms with Crippen molar-refractivity contribution in [2.45, 2.75) is 112 Å². The molecule has 1 saturated heterocycles. The summed E-state index contributed by atoms with van der Waals surface area (Å²) in [5.74, 6) is 3.51. The van der Waals surface area contributed by atoms with Gasteiger partial charge in [-0.3, -0.25) is 0 Å². The lowest BCUT2D eigenvalue weighted by Gasteiger charge is -2.38. The Bertz CT molecular complexity index is 470. The Morgan fingerprint density at radius 3 is 2.25 bits per heavy atom. The van der Waals surface area contributed by atoms with Gasteiger partial charge in [0.15, 0.2) is 0 Å². The van der Waals surface area contributed by atoms with Crippen molar-refractivity contribution in [3.8, 4) is 0 Å². The molecule has 0 aromatic carbocycles. The summed E-state index contributed by atoms with van der Waals surface area (Å²) in [6.45, 7) is 22.2. The zero-order chi connectivity index (χ0) is 21.2. The lowest BCUT2D eigenvalue weighted by molar-refractivity contribution is 0.0245. The fraction of sp³-hybridized carbons (Fsp3) is 1.00. The first-order valence-electron chi connectivity index (χ1n) is 12.2.